The van der Waals surface area contributed by atoms with Gasteiger partial charge in [0.1, 0.15) is 0 Å². The van der Waals surface area contributed by atoms with Crippen LogP contribution in [0.4, 0.5) is 4.79 Å². The van der Waals surface area contributed by atoms with Crippen molar-refractivity contribution in [1.82, 2.24) is 10.2 Å². The molecule has 0 aliphatic carbocycles. The van der Waals surface area contributed by atoms with Gasteiger partial charge in [0.25, 0.3) is 0 Å². The Balaban J connectivity index is 2.46. The van der Waals surface area contributed by atoms with E-state index in [2.05, 4.69) is 43.4 Å². The summed E-state index contributed by atoms with van der Waals surface area (Å²) >= 11 is 0. The van der Waals surface area contributed by atoms with Crippen molar-refractivity contribution in [2.24, 2.45) is 0 Å². The highest BCUT2D eigenvalue weighted by molar-refractivity contribution is 5.74. The molecule has 2 N–H and O–H groups in total. The van der Waals surface area contributed by atoms with Crippen LogP contribution in [0.1, 0.15) is 37.8 Å². The summed E-state index contributed by atoms with van der Waals surface area (Å²) in [5.74, 6) is 0.259. The van der Waals surface area contributed by atoms with Crippen LogP contribution in [0, 0.1) is 6.92 Å². The first-order chi connectivity index (χ1) is 9.19. The fourth-order valence-electron chi connectivity index (χ4n) is 2.04. The number of carbonyl (C=O) groups is 1. The topological polar surface area (TPSA) is 52.6 Å². The highest BCUT2D eigenvalue weighted by Gasteiger charge is 2.19. The summed E-state index contributed by atoms with van der Waals surface area (Å²) in [4.78, 5) is 13.4. The van der Waals surface area contributed by atoms with Crippen molar-refractivity contribution >= 4 is 6.03 Å². The molecule has 112 valence electrons. The van der Waals surface area contributed by atoms with Crippen molar-refractivity contribution < 1.29 is 9.90 Å². The Labute approximate surface area is 121 Å². The second-order valence-corrected chi connectivity index (χ2v) is 6.17. The highest BCUT2D eigenvalue weighted by atomic mass is 16.3. The van der Waals surface area contributed by atoms with Crippen molar-refractivity contribution in [3.63, 3.8) is 0 Å². The molecule has 0 saturated heterocycles. The maximum absolute atomic E-state index is 11.9. The van der Waals surface area contributed by atoms with Gasteiger partial charge in [-0.2, -0.15) is 0 Å². The molecule has 0 spiro atoms. The minimum Gasteiger partial charge on any atom is -0.389 e. The molecule has 1 rings (SSSR count). The van der Waals surface area contributed by atoms with E-state index < -0.39 is 5.60 Å². The highest BCUT2D eigenvalue weighted by Crippen LogP contribution is 2.14. The zero-order valence-electron chi connectivity index (χ0n) is 13.1. The number of urea groups is 1. The number of benzene rings is 1. The lowest BCUT2D eigenvalue weighted by Gasteiger charge is -2.26. The third kappa shape index (κ3) is 5.61. The Morgan fingerprint density at radius 1 is 1.35 bits per heavy atom. The van der Waals surface area contributed by atoms with Crippen LogP contribution in [0.2, 0.25) is 0 Å². The summed E-state index contributed by atoms with van der Waals surface area (Å²) in [6, 6.07) is 8.17. The van der Waals surface area contributed by atoms with E-state index >= 15 is 0 Å². The first-order valence-electron chi connectivity index (χ1n) is 6.97. The average molecular weight is 278 g/mol. The number of aliphatic hydroxyl groups is 1. The minimum absolute atomic E-state index is 0.161. The van der Waals surface area contributed by atoms with Crippen LogP contribution < -0.4 is 5.32 Å². The van der Waals surface area contributed by atoms with Gasteiger partial charge in [0.05, 0.1) is 12.1 Å². The standard InChI is InChI=1S/C16H26N2O2/c1-12-6-8-14(9-7-12)13(2)10-17-15(19)18(5)11-16(3,4)20/h6-9,13,20H,10-11H2,1-5H3,(H,17,19). The molecule has 4 nitrogen and oxygen atoms in total. The van der Waals surface area contributed by atoms with Gasteiger partial charge in [-0.25, -0.2) is 4.79 Å². The molecular formula is C16H26N2O2. The molecule has 0 aliphatic heterocycles. The fourth-order valence-corrected chi connectivity index (χ4v) is 2.04. The van der Waals surface area contributed by atoms with Gasteiger partial charge in [0.2, 0.25) is 0 Å². The van der Waals surface area contributed by atoms with E-state index in [0.29, 0.717) is 13.1 Å². The fraction of sp³-hybridized carbons (Fsp3) is 0.562. The number of rotatable bonds is 5. The lowest BCUT2D eigenvalue weighted by molar-refractivity contribution is 0.0532. The number of amides is 2. The van der Waals surface area contributed by atoms with Crippen LogP contribution in [-0.2, 0) is 0 Å². The molecule has 0 bridgehead atoms. The molecule has 4 heteroatoms. The molecule has 0 saturated carbocycles. The van der Waals surface area contributed by atoms with Crippen molar-refractivity contribution in [2.45, 2.75) is 39.2 Å². The Hall–Kier alpha value is -1.55. The summed E-state index contributed by atoms with van der Waals surface area (Å²) < 4.78 is 0. The van der Waals surface area contributed by atoms with Gasteiger partial charge in [-0.05, 0) is 32.3 Å². The van der Waals surface area contributed by atoms with Gasteiger partial charge < -0.3 is 15.3 Å². The van der Waals surface area contributed by atoms with E-state index in [0.717, 1.165) is 0 Å². The summed E-state index contributed by atoms with van der Waals surface area (Å²) in [5, 5.41) is 12.6. The van der Waals surface area contributed by atoms with Crippen LogP contribution in [0.5, 0.6) is 0 Å². The Kier molecular flexibility index (Phi) is 5.57. The molecule has 1 atom stereocenters. The van der Waals surface area contributed by atoms with E-state index in [4.69, 9.17) is 0 Å². The first-order valence-corrected chi connectivity index (χ1v) is 6.97. The number of nitrogens with zero attached hydrogens (tertiary/aromatic N) is 1. The average Bonchev–Trinajstić information content (AvgIpc) is 2.34. The maximum atomic E-state index is 11.9. The Morgan fingerprint density at radius 2 is 1.90 bits per heavy atom. The predicted molar refractivity (Wildman–Crippen MR) is 81.9 cm³/mol. The third-order valence-electron chi connectivity index (χ3n) is 3.18. The van der Waals surface area contributed by atoms with Gasteiger partial charge in [-0.1, -0.05) is 36.8 Å². The largest absolute Gasteiger partial charge is 0.389 e. The van der Waals surface area contributed by atoms with Crippen LogP contribution in [-0.4, -0.2) is 41.8 Å². The van der Waals surface area contributed by atoms with Gasteiger partial charge in [-0.3, -0.25) is 0 Å². The molecule has 1 unspecified atom stereocenters. The van der Waals surface area contributed by atoms with Gasteiger partial charge >= 0.3 is 6.03 Å². The van der Waals surface area contributed by atoms with Crippen molar-refractivity contribution in [3.8, 4) is 0 Å². The quantitative estimate of drug-likeness (QED) is 0.869. The van der Waals surface area contributed by atoms with Crippen molar-refractivity contribution in [3.05, 3.63) is 35.4 Å². The van der Waals surface area contributed by atoms with E-state index in [1.54, 1.807) is 20.9 Å². The molecule has 0 aliphatic rings. The molecule has 1 aromatic carbocycles. The van der Waals surface area contributed by atoms with Crippen molar-refractivity contribution in [2.75, 3.05) is 20.1 Å². The Bertz CT molecular complexity index is 435. The minimum atomic E-state index is -0.880. The number of likely N-dealkylation sites (N-methyl/N-ethyl adjacent to an activating group) is 1. The number of hydrogen-bond acceptors (Lipinski definition) is 2. The van der Waals surface area contributed by atoms with E-state index in [1.165, 1.54) is 16.0 Å². The zero-order chi connectivity index (χ0) is 15.3. The van der Waals surface area contributed by atoms with E-state index in [1.807, 2.05) is 0 Å². The van der Waals surface area contributed by atoms with Gasteiger partial charge in [0, 0.05) is 13.6 Å². The molecular weight excluding hydrogens is 252 g/mol. The SMILES string of the molecule is Cc1ccc(C(C)CNC(=O)N(C)CC(C)(C)O)cc1. The molecule has 0 radical (unpaired) electrons. The molecule has 1 aromatic rings. The number of hydrogen-bond donors (Lipinski definition) is 2. The van der Waals surface area contributed by atoms with Gasteiger partial charge in [-0.15, -0.1) is 0 Å². The second-order valence-electron chi connectivity index (χ2n) is 6.17. The maximum Gasteiger partial charge on any atom is 0.317 e. The lowest BCUT2D eigenvalue weighted by Crippen LogP contribution is -2.45. The smallest absolute Gasteiger partial charge is 0.317 e. The first kappa shape index (κ1) is 16.5. The molecule has 0 fully saturated rings. The second kappa shape index (κ2) is 6.75. The van der Waals surface area contributed by atoms with E-state index in [-0.39, 0.29) is 11.9 Å². The van der Waals surface area contributed by atoms with Crippen LogP contribution in [0.15, 0.2) is 24.3 Å². The van der Waals surface area contributed by atoms with Crippen LogP contribution >= 0.6 is 0 Å². The molecule has 2 amide bonds. The number of nitrogens with one attached hydrogen (secondary N) is 1. The van der Waals surface area contributed by atoms with Crippen LogP contribution in [0.3, 0.4) is 0 Å². The number of aryl methyl sites for hydroxylation is 1. The van der Waals surface area contributed by atoms with Crippen molar-refractivity contribution in [1.29, 1.82) is 0 Å². The van der Waals surface area contributed by atoms with Crippen LogP contribution in [0.25, 0.3) is 0 Å². The lowest BCUT2D eigenvalue weighted by atomic mass is 10.0. The summed E-state index contributed by atoms with van der Waals surface area (Å²) in [6.45, 7) is 8.40. The normalized spacial score (nSPS) is 12.9. The predicted octanol–water partition coefficient (Wildman–Crippen LogP) is 2.51. The third-order valence-corrected chi connectivity index (χ3v) is 3.18. The summed E-state index contributed by atoms with van der Waals surface area (Å²) in [6.07, 6.45) is 0. The van der Waals surface area contributed by atoms with Gasteiger partial charge in [0.15, 0.2) is 0 Å². The summed E-state index contributed by atoms with van der Waals surface area (Å²) in [5.41, 5.74) is 1.56. The van der Waals surface area contributed by atoms with E-state index in [9.17, 15) is 9.90 Å². The number of carbonyl (C=O) groups excluding carboxylic acids is 1. The summed E-state index contributed by atoms with van der Waals surface area (Å²) in [7, 11) is 1.68. The monoisotopic (exact) mass is 278 g/mol. The Morgan fingerprint density at radius 3 is 2.40 bits per heavy atom. The zero-order valence-corrected chi connectivity index (χ0v) is 13.1. The molecule has 0 heterocycles. The molecule has 0 aromatic heterocycles. The molecule has 20 heavy (non-hydrogen) atoms.